The number of thioether (sulfide) groups is 1. The zero-order valence-electron chi connectivity index (χ0n) is 15.6. The van der Waals surface area contributed by atoms with Crippen molar-refractivity contribution in [2.45, 2.75) is 17.3 Å². The van der Waals surface area contributed by atoms with Crippen molar-refractivity contribution in [2.75, 3.05) is 5.32 Å². The Hall–Kier alpha value is -3.45. The van der Waals surface area contributed by atoms with Gasteiger partial charge in [0, 0.05) is 17.4 Å². The minimum Gasteiger partial charge on any atom is -0.325 e. The summed E-state index contributed by atoms with van der Waals surface area (Å²) in [5.41, 5.74) is 2.70. The van der Waals surface area contributed by atoms with Crippen LogP contribution < -0.4 is 5.32 Å². The molecule has 0 aliphatic rings. The molecule has 4 rings (SSSR count). The zero-order chi connectivity index (χ0) is 20.2. The fourth-order valence-electron chi connectivity index (χ4n) is 2.93. The third-order valence-electron chi connectivity index (χ3n) is 4.38. The molecule has 1 atom stereocenters. The number of amides is 1. The first kappa shape index (κ1) is 18.9. The highest BCUT2D eigenvalue weighted by Gasteiger charge is 2.24. The standard InChI is InChI=1S/C22H18N4O2S/c1-15(27)17-10-7-11-18(14-17)23-21(28)20(16-8-3-2-4-9-16)29-22-25-24-19-12-5-6-13-26(19)22/h2-14,20H,1H3,(H,23,28)/t20-/m1/s1. The Kier molecular flexibility index (Phi) is 5.39. The Morgan fingerprint density at radius 1 is 0.966 bits per heavy atom. The lowest BCUT2D eigenvalue weighted by Crippen LogP contribution is -2.19. The van der Waals surface area contributed by atoms with Crippen molar-refractivity contribution < 1.29 is 9.59 Å². The number of pyridine rings is 1. The number of rotatable bonds is 6. The van der Waals surface area contributed by atoms with Crippen molar-refractivity contribution in [3.05, 3.63) is 90.1 Å². The van der Waals surface area contributed by atoms with Crippen LogP contribution in [0.5, 0.6) is 0 Å². The van der Waals surface area contributed by atoms with Crippen LogP contribution in [-0.4, -0.2) is 26.3 Å². The van der Waals surface area contributed by atoms with Crippen molar-refractivity contribution in [1.29, 1.82) is 0 Å². The molecule has 0 spiro atoms. The Labute approximate surface area is 172 Å². The molecule has 0 unspecified atom stereocenters. The number of hydrogen-bond donors (Lipinski definition) is 1. The van der Waals surface area contributed by atoms with Crippen molar-refractivity contribution in [2.24, 2.45) is 0 Å². The van der Waals surface area contributed by atoms with Crippen LogP contribution >= 0.6 is 11.8 Å². The van der Waals surface area contributed by atoms with Gasteiger partial charge in [0.1, 0.15) is 5.25 Å². The molecule has 2 aromatic heterocycles. The topological polar surface area (TPSA) is 76.4 Å². The second-order valence-corrected chi connectivity index (χ2v) is 7.52. The van der Waals surface area contributed by atoms with Crippen LogP contribution in [0, 0.1) is 0 Å². The lowest BCUT2D eigenvalue weighted by atomic mass is 10.1. The Morgan fingerprint density at radius 3 is 2.55 bits per heavy atom. The quantitative estimate of drug-likeness (QED) is 0.382. The number of fused-ring (bicyclic) bond motifs is 1. The van der Waals surface area contributed by atoms with Gasteiger partial charge in [-0.25, -0.2) is 0 Å². The predicted octanol–water partition coefficient (Wildman–Crippen LogP) is 4.40. The van der Waals surface area contributed by atoms with Gasteiger partial charge in [-0.2, -0.15) is 0 Å². The number of ketones is 1. The third kappa shape index (κ3) is 4.20. The molecule has 2 aromatic carbocycles. The van der Waals surface area contributed by atoms with Gasteiger partial charge in [0.15, 0.2) is 16.6 Å². The maximum absolute atomic E-state index is 13.2. The van der Waals surface area contributed by atoms with Crippen molar-refractivity contribution in [1.82, 2.24) is 14.6 Å². The molecule has 7 heteroatoms. The van der Waals surface area contributed by atoms with Crippen molar-refractivity contribution in [3.63, 3.8) is 0 Å². The molecule has 2 heterocycles. The lowest BCUT2D eigenvalue weighted by molar-refractivity contribution is -0.115. The first-order valence-corrected chi connectivity index (χ1v) is 9.93. The average molecular weight is 402 g/mol. The number of hydrogen-bond acceptors (Lipinski definition) is 5. The minimum atomic E-state index is -0.537. The van der Waals surface area contributed by atoms with Gasteiger partial charge in [-0.15, -0.1) is 10.2 Å². The van der Waals surface area contributed by atoms with E-state index >= 15 is 0 Å². The smallest absolute Gasteiger partial charge is 0.242 e. The van der Waals surface area contributed by atoms with E-state index in [0.29, 0.717) is 16.4 Å². The molecule has 0 radical (unpaired) electrons. The van der Waals surface area contributed by atoms with Crippen molar-refractivity contribution in [3.8, 4) is 0 Å². The zero-order valence-corrected chi connectivity index (χ0v) is 16.5. The maximum atomic E-state index is 13.2. The van der Waals surface area contributed by atoms with Gasteiger partial charge >= 0.3 is 0 Å². The molecule has 0 aliphatic carbocycles. The lowest BCUT2D eigenvalue weighted by Gasteiger charge is -2.16. The molecule has 1 amide bonds. The van der Waals surface area contributed by atoms with E-state index in [1.807, 2.05) is 59.1 Å². The molecule has 0 bridgehead atoms. The van der Waals surface area contributed by atoms with E-state index in [1.165, 1.54) is 18.7 Å². The van der Waals surface area contributed by atoms with Gasteiger partial charge in [-0.3, -0.25) is 14.0 Å². The summed E-state index contributed by atoms with van der Waals surface area (Å²) in [7, 11) is 0. The van der Waals surface area contributed by atoms with E-state index < -0.39 is 5.25 Å². The third-order valence-corrected chi connectivity index (χ3v) is 5.59. The highest BCUT2D eigenvalue weighted by molar-refractivity contribution is 8.00. The van der Waals surface area contributed by atoms with Crippen LogP contribution in [0.15, 0.2) is 84.1 Å². The molecular weight excluding hydrogens is 384 g/mol. The summed E-state index contributed by atoms with van der Waals surface area (Å²) < 4.78 is 1.85. The highest BCUT2D eigenvalue weighted by Crippen LogP contribution is 2.35. The van der Waals surface area contributed by atoms with E-state index in [0.717, 1.165) is 11.2 Å². The molecule has 144 valence electrons. The van der Waals surface area contributed by atoms with Crippen LogP contribution in [-0.2, 0) is 4.79 Å². The van der Waals surface area contributed by atoms with E-state index in [1.54, 1.807) is 24.3 Å². The maximum Gasteiger partial charge on any atom is 0.242 e. The van der Waals surface area contributed by atoms with E-state index in [9.17, 15) is 9.59 Å². The Bertz CT molecular complexity index is 1170. The van der Waals surface area contributed by atoms with E-state index in [-0.39, 0.29) is 11.7 Å². The Balaban J connectivity index is 1.65. The first-order chi connectivity index (χ1) is 14.1. The summed E-state index contributed by atoms with van der Waals surface area (Å²) in [5.74, 6) is -0.250. The molecule has 0 saturated carbocycles. The SMILES string of the molecule is CC(=O)c1cccc(NC(=O)[C@H](Sc2nnc3ccccn23)c2ccccc2)c1. The summed E-state index contributed by atoms with van der Waals surface area (Å²) in [4.78, 5) is 24.8. The predicted molar refractivity (Wildman–Crippen MR) is 113 cm³/mol. The minimum absolute atomic E-state index is 0.0509. The van der Waals surface area contributed by atoms with E-state index in [2.05, 4.69) is 15.5 Å². The van der Waals surface area contributed by atoms with Gasteiger partial charge in [-0.05, 0) is 36.8 Å². The van der Waals surface area contributed by atoms with Gasteiger partial charge in [-0.1, -0.05) is 60.3 Å². The molecule has 0 saturated heterocycles. The van der Waals surface area contributed by atoms with Gasteiger partial charge in [0.05, 0.1) is 0 Å². The highest BCUT2D eigenvalue weighted by atomic mass is 32.2. The molecule has 0 fully saturated rings. The first-order valence-electron chi connectivity index (χ1n) is 9.05. The normalized spacial score (nSPS) is 11.9. The summed E-state index contributed by atoms with van der Waals surface area (Å²) in [5, 5.41) is 11.4. The molecule has 4 aromatic rings. The number of benzene rings is 2. The molecule has 6 nitrogen and oxygen atoms in total. The van der Waals surface area contributed by atoms with E-state index in [4.69, 9.17) is 0 Å². The van der Waals surface area contributed by atoms with Crippen LogP contribution in [0.4, 0.5) is 5.69 Å². The second kappa shape index (κ2) is 8.28. The largest absolute Gasteiger partial charge is 0.325 e. The fourth-order valence-corrected chi connectivity index (χ4v) is 3.96. The summed E-state index contributed by atoms with van der Waals surface area (Å²) >= 11 is 1.33. The van der Waals surface area contributed by atoms with Gasteiger partial charge in [0.25, 0.3) is 0 Å². The number of carbonyl (C=O) groups excluding carboxylic acids is 2. The molecule has 1 N–H and O–H groups in total. The summed E-state index contributed by atoms with van der Waals surface area (Å²) in [6, 6.07) is 22.1. The average Bonchev–Trinajstić information content (AvgIpc) is 3.15. The van der Waals surface area contributed by atoms with Crippen LogP contribution in [0.1, 0.15) is 28.1 Å². The summed E-state index contributed by atoms with van der Waals surface area (Å²) in [6.07, 6.45) is 1.87. The Morgan fingerprint density at radius 2 is 1.76 bits per heavy atom. The number of anilines is 1. The van der Waals surface area contributed by atoms with Crippen LogP contribution in [0.2, 0.25) is 0 Å². The molecule has 0 aliphatic heterocycles. The monoisotopic (exact) mass is 402 g/mol. The fraction of sp³-hybridized carbons (Fsp3) is 0.0909. The number of Topliss-reactive ketones (excluding diaryl/α,β-unsaturated/α-hetero) is 1. The van der Waals surface area contributed by atoms with Crippen molar-refractivity contribution >= 4 is 34.8 Å². The number of carbonyl (C=O) groups is 2. The van der Waals surface area contributed by atoms with Gasteiger partial charge in [0.2, 0.25) is 5.91 Å². The van der Waals surface area contributed by atoms with Crippen LogP contribution in [0.25, 0.3) is 5.65 Å². The number of nitrogens with one attached hydrogen (secondary N) is 1. The number of nitrogens with zero attached hydrogens (tertiary/aromatic N) is 3. The second-order valence-electron chi connectivity index (χ2n) is 6.45. The molecule has 29 heavy (non-hydrogen) atoms. The summed E-state index contributed by atoms with van der Waals surface area (Å²) in [6.45, 7) is 1.50. The molecular formula is C22H18N4O2S. The number of aromatic nitrogens is 3. The van der Waals surface area contributed by atoms with Gasteiger partial charge < -0.3 is 5.32 Å². The van der Waals surface area contributed by atoms with Crippen LogP contribution in [0.3, 0.4) is 0 Å².